The molecule has 12 bridgehead atoms. The van der Waals surface area contributed by atoms with Crippen LogP contribution in [-0.4, -0.2) is 16.2 Å². The van der Waals surface area contributed by atoms with E-state index in [1.165, 1.54) is 6.07 Å². The maximum absolute atomic E-state index is 9.61. The molecule has 314 valence electrons. The van der Waals surface area contributed by atoms with Crippen molar-refractivity contribution < 1.29 is 17.7 Å². The highest BCUT2D eigenvalue weighted by Crippen LogP contribution is 2.51. The molecule has 10 aromatic rings. The summed E-state index contributed by atoms with van der Waals surface area (Å²) in [4.78, 5) is 9.58. The van der Waals surface area contributed by atoms with Gasteiger partial charge in [0.25, 0.3) is 0 Å². The van der Waals surface area contributed by atoms with Gasteiger partial charge in [-0.15, -0.1) is 0 Å². The Morgan fingerprint density at radius 1 is 0.554 bits per heavy atom. The van der Waals surface area contributed by atoms with Gasteiger partial charge in [-0.25, -0.2) is 4.98 Å². The van der Waals surface area contributed by atoms with E-state index in [-0.39, 0.29) is 35.0 Å². The molecule has 0 aliphatic carbocycles. The summed E-state index contributed by atoms with van der Waals surface area (Å²) in [6.07, 6.45) is 1.55. The normalized spacial score (nSPS) is 14.6. The van der Waals surface area contributed by atoms with Crippen LogP contribution < -0.4 is 19.3 Å². The third-order valence-electron chi connectivity index (χ3n) is 12.4. The largest absolute Gasteiger partial charge is 0.457 e. The van der Waals surface area contributed by atoms with Crippen molar-refractivity contribution in [1.29, 1.82) is 0 Å². The number of hydrogen-bond donors (Lipinski definition) is 0. The molecule has 4 aliphatic heterocycles. The first-order valence-electron chi connectivity index (χ1n) is 24.8. The van der Waals surface area contributed by atoms with Crippen LogP contribution in [0.3, 0.4) is 0 Å². The number of ether oxygens (including phenoxy) is 2. The summed E-state index contributed by atoms with van der Waals surface area (Å²) in [6, 6.07) is 55.8. The van der Waals surface area contributed by atoms with E-state index in [2.05, 4.69) is 94.7 Å². The van der Waals surface area contributed by atoms with Crippen molar-refractivity contribution >= 4 is 44.6 Å². The summed E-state index contributed by atoms with van der Waals surface area (Å²) in [6.45, 7) is 3.75. The second-order valence-corrected chi connectivity index (χ2v) is 17.6. The summed E-state index contributed by atoms with van der Waals surface area (Å²) in [7, 11) is 0. The zero-order valence-corrected chi connectivity index (χ0v) is 36.1. The number of pyridine rings is 1. The molecule has 6 heteroatoms. The quantitative estimate of drug-likeness (QED) is 0.165. The lowest BCUT2D eigenvalue weighted by atomic mass is 9.86. The standard InChI is InChI=1S/C59H46N4O2/c1-38-31-57-60-36-52(38)40-23-26-44(27-24-40)64-45-17-10-15-41(32-45)49-20-12-19-48(39-13-6-5-7-14-39)58(49)62-37-61(54-21-8-9-22-55(54)62)43-16-11-18-46(34-43)65-47-28-29-50-51-33-42(59(2,3)4)25-30-53(51)63(57)56(50)35-47/h5-36H,37H2,1-4H3/i1D3,25D,30D,33D. The Bertz CT molecular complexity index is 3770. The number of aromatic nitrogens is 2. The molecular weight excluding hydrogens is 797 g/mol. The summed E-state index contributed by atoms with van der Waals surface area (Å²) in [5.74, 6) is 2.49. The van der Waals surface area contributed by atoms with Crippen LogP contribution in [0, 0.1) is 6.85 Å². The number of rotatable bonds is 1. The highest BCUT2D eigenvalue weighted by molar-refractivity contribution is 6.10. The van der Waals surface area contributed by atoms with Gasteiger partial charge in [0.15, 0.2) is 0 Å². The van der Waals surface area contributed by atoms with Gasteiger partial charge in [-0.05, 0) is 119 Å². The fourth-order valence-corrected chi connectivity index (χ4v) is 9.22. The molecule has 0 spiro atoms. The van der Waals surface area contributed by atoms with E-state index < -0.39 is 12.3 Å². The molecule has 4 aliphatic rings. The van der Waals surface area contributed by atoms with Gasteiger partial charge in [-0.3, -0.25) is 4.57 Å². The smallest absolute Gasteiger partial charge is 0.137 e. The summed E-state index contributed by atoms with van der Waals surface area (Å²) in [5, 5.41) is 1.12. The van der Waals surface area contributed by atoms with Gasteiger partial charge in [0, 0.05) is 55.6 Å². The Morgan fingerprint density at radius 2 is 1.22 bits per heavy atom. The number of anilines is 4. The lowest BCUT2D eigenvalue weighted by Gasteiger charge is -2.27. The van der Waals surface area contributed by atoms with Crippen molar-refractivity contribution in [3.63, 3.8) is 0 Å². The molecule has 0 saturated heterocycles. The lowest BCUT2D eigenvalue weighted by Crippen LogP contribution is -2.25. The van der Waals surface area contributed by atoms with Crippen molar-refractivity contribution in [2.24, 2.45) is 0 Å². The van der Waals surface area contributed by atoms with E-state index in [0.717, 1.165) is 45.0 Å². The number of aryl methyl sites for hydroxylation is 1. The Labute approximate surface area is 387 Å². The van der Waals surface area contributed by atoms with Crippen LogP contribution in [0.2, 0.25) is 0 Å². The van der Waals surface area contributed by atoms with Gasteiger partial charge in [0.1, 0.15) is 35.5 Å². The minimum atomic E-state index is -2.57. The Kier molecular flexibility index (Phi) is 7.53. The van der Waals surface area contributed by atoms with Crippen LogP contribution in [0.5, 0.6) is 23.0 Å². The number of benzene rings is 8. The van der Waals surface area contributed by atoms with Gasteiger partial charge >= 0.3 is 0 Å². The fraction of sp³-hybridized carbons (Fsp3) is 0.102. The van der Waals surface area contributed by atoms with Crippen LogP contribution in [0.25, 0.3) is 61.0 Å². The zero-order valence-electron chi connectivity index (χ0n) is 42.1. The topological polar surface area (TPSA) is 42.8 Å². The summed E-state index contributed by atoms with van der Waals surface area (Å²) >= 11 is 0. The number of fused-ring (bicyclic) bond motifs is 5. The lowest BCUT2D eigenvalue weighted by molar-refractivity contribution is 0.483. The van der Waals surface area contributed by atoms with E-state index >= 15 is 0 Å². The van der Waals surface area contributed by atoms with Crippen molar-refractivity contribution in [3.8, 4) is 62.2 Å². The molecule has 0 fully saturated rings. The molecule has 0 N–H and O–H groups in total. The van der Waals surface area contributed by atoms with Crippen LogP contribution >= 0.6 is 0 Å². The molecule has 0 unspecified atom stereocenters. The SMILES string of the molecule is [2H]c1c(C(C)(C)C)c([2H])c2c3ccc4cc3n(c2c1[2H])-c1cc(C([2H])([2H])[2H])c(cn1)-c1ccc(cc1)Oc1cccc(c1)-c1cccc(-c2ccccc2)c1N1CN(c2cccc(c2)O4)c2ccccc21. The minimum Gasteiger partial charge on any atom is -0.457 e. The van der Waals surface area contributed by atoms with Gasteiger partial charge in [-0.2, -0.15) is 0 Å². The average molecular weight is 849 g/mol. The molecule has 8 aromatic carbocycles. The zero-order chi connectivity index (χ0) is 48.9. The molecule has 14 rings (SSSR count). The van der Waals surface area contributed by atoms with E-state index in [1.54, 1.807) is 10.8 Å². The van der Waals surface area contributed by atoms with Crippen LogP contribution in [0.15, 0.2) is 194 Å². The highest BCUT2D eigenvalue weighted by Gasteiger charge is 2.31. The maximum Gasteiger partial charge on any atom is 0.137 e. The molecule has 0 amide bonds. The number of para-hydroxylation sites is 3. The molecule has 0 saturated carbocycles. The number of hydrogen-bond acceptors (Lipinski definition) is 5. The van der Waals surface area contributed by atoms with Crippen molar-refractivity contribution in [1.82, 2.24) is 9.55 Å². The predicted molar refractivity (Wildman–Crippen MR) is 267 cm³/mol. The van der Waals surface area contributed by atoms with E-state index in [1.807, 2.05) is 99.6 Å². The first-order valence-corrected chi connectivity index (χ1v) is 21.8. The van der Waals surface area contributed by atoms with E-state index in [9.17, 15) is 4.11 Å². The molecule has 0 atom stereocenters. The Balaban J connectivity index is 1.10. The van der Waals surface area contributed by atoms with E-state index in [4.69, 9.17) is 18.6 Å². The molecule has 0 radical (unpaired) electrons. The van der Waals surface area contributed by atoms with E-state index in [0.29, 0.717) is 62.6 Å². The van der Waals surface area contributed by atoms with Gasteiger partial charge in [0.05, 0.1) is 32.2 Å². The Hall–Kier alpha value is -8.09. The van der Waals surface area contributed by atoms with Crippen molar-refractivity contribution in [3.05, 3.63) is 205 Å². The molecule has 6 nitrogen and oxygen atoms in total. The van der Waals surface area contributed by atoms with Gasteiger partial charge in [-0.1, -0.05) is 118 Å². The third-order valence-corrected chi connectivity index (χ3v) is 12.4. The molecule has 2 aromatic heterocycles. The van der Waals surface area contributed by atoms with Gasteiger partial charge in [0.2, 0.25) is 0 Å². The van der Waals surface area contributed by atoms with Gasteiger partial charge < -0.3 is 19.3 Å². The summed E-state index contributed by atoms with van der Waals surface area (Å²) in [5.41, 5.74) is 9.95. The predicted octanol–water partition coefficient (Wildman–Crippen LogP) is 15.9. The monoisotopic (exact) mass is 848 g/mol. The molecule has 6 heterocycles. The third kappa shape index (κ3) is 6.68. The van der Waals surface area contributed by atoms with Crippen molar-refractivity contribution in [2.75, 3.05) is 16.5 Å². The van der Waals surface area contributed by atoms with Crippen LogP contribution in [0.4, 0.5) is 22.7 Å². The summed E-state index contributed by atoms with van der Waals surface area (Å²) < 4.78 is 69.8. The molecule has 65 heavy (non-hydrogen) atoms. The highest BCUT2D eigenvalue weighted by atomic mass is 16.5. The first-order chi connectivity index (χ1) is 34.2. The van der Waals surface area contributed by atoms with Crippen LogP contribution in [0.1, 0.15) is 40.1 Å². The first kappa shape index (κ1) is 32.6. The maximum atomic E-state index is 9.61. The second-order valence-electron chi connectivity index (χ2n) is 17.6. The van der Waals surface area contributed by atoms with Crippen molar-refractivity contribution in [2.45, 2.75) is 33.0 Å². The van der Waals surface area contributed by atoms with Crippen LogP contribution in [-0.2, 0) is 5.41 Å². The Morgan fingerprint density at radius 3 is 2.02 bits per heavy atom. The average Bonchev–Trinajstić information content (AvgIpc) is 3.92. The number of nitrogens with zero attached hydrogens (tertiary/aromatic N) is 4. The molecular formula is C59H46N4O2. The minimum absolute atomic E-state index is 0.0544. The fourth-order valence-electron chi connectivity index (χ4n) is 9.22. The second kappa shape index (κ2) is 15.0.